The van der Waals surface area contributed by atoms with Crippen LogP contribution in [-0.2, 0) is 0 Å². The van der Waals surface area contributed by atoms with Gasteiger partial charge < -0.3 is 16.4 Å². The van der Waals surface area contributed by atoms with Crippen LogP contribution in [0.1, 0.15) is 39.9 Å². The molecular weight excluding hydrogens is 334 g/mol. The molecule has 4 rings (SSSR count). The molecule has 4 N–H and O–H groups in total. The number of carbonyl (C=O) groups is 1. The van der Waals surface area contributed by atoms with E-state index in [4.69, 9.17) is 11.5 Å². The van der Waals surface area contributed by atoms with Gasteiger partial charge in [0.05, 0.1) is 6.04 Å². The van der Waals surface area contributed by atoms with Crippen molar-refractivity contribution in [3.63, 3.8) is 0 Å². The van der Waals surface area contributed by atoms with E-state index in [1.807, 2.05) is 55.6 Å². The molecule has 0 amide bonds. The summed E-state index contributed by atoms with van der Waals surface area (Å²) in [6.07, 6.45) is 0. The maximum Gasteiger partial charge on any atom is 0.179 e. The minimum absolute atomic E-state index is 0.0416. The van der Waals surface area contributed by atoms with Crippen molar-refractivity contribution in [1.82, 2.24) is 0 Å². The van der Waals surface area contributed by atoms with Gasteiger partial charge in [0.1, 0.15) is 0 Å². The predicted molar refractivity (Wildman–Crippen MR) is 111 cm³/mol. The number of anilines is 3. The van der Waals surface area contributed by atoms with Crippen LogP contribution >= 0.6 is 0 Å². The Morgan fingerprint density at radius 3 is 2.33 bits per heavy atom. The highest BCUT2D eigenvalue weighted by Crippen LogP contribution is 2.49. The molecule has 27 heavy (non-hydrogen) atoms. The van der Waals surface area contributed by atoms with E-state index in [0.29, 0.717) is 5.56 Å². The van der Waals surface area contributed by atoms with Gasteiger partial charge >= 0.3 is 0 Å². The summed E-state index contributed by atoms with van der Waals surface area (Å²) in [5.74, 6) is -0.0908. The number of nitrogens with two attached hydrogens (primary N) is 2. The van der Waals surface area contributed by atoms with Crippen LogP contribution in [0.15, 0.2) is 66.7 Å². The quantitative estimate of drug-likeness (QED) is 0.548. The number of benzene rings is 3. The second kappa shape index (κ2) is 6.56. The molecule has 1 aliphatic heterocycles. The van der Waals surface area contributed by atoms with Gasteiger partial charge in [0.25, 0.3) is 0 Å². The van der Waals surface area contributed by atoms with E-state index in [-0.39, 0.29) is 11.7 Å². The van der Waals surface area contributed by atoms with Gasteiger partial charge in [-0.25, -0.2) is 0 Å². The second-order valence-corrected chi connectivity index (χ2v) is 7.11. The summed E-state index contributed by atoms with van der Waals surface area (Å²) in [6.45, 7) is 1.74. The third kappa shape index (κ3) is 2.78. The summed E-state index contributed by atoms with van der Waals surface area (Å²) < 4.78 is 0. The van der Waals surface area contributed by atoms with Crippen LogP contribution in [0.2, 0.25) is 0 Å². The summed E-state index contributed by atoms with van der Waals surface area (Å²) in [6, 6.07) is 21.5. The van der Waals surface area contributed by atoms with Crippen molar-refractivity contribution in [3.8, 4) is 0 Å². The minimum Gasteiger partial charge on any atom is -0.399 e. The number of hydrogen-bond acceptors (Lipinski definition) is 4. The molecule has 2 atom stereocenters. The van der Waals surface area contributed by atoms with Crippen LogP contribution in [0.4, 0.5) is 17.1 Å². The fourth-order valence-electron chi connectivity index (χ4n) is 3.97. The summed E-state index contributed by atoms with van der Waals surface area (Å²) in [4.78, 5) is 15.1. The number of Topliss-reactive ketones (excluding diaryl/α,β-unsaturated/α-hetero) is 1. The smallest absolute Gasteiger partial charge is 0.179 e. The SMILES string of the molecule is C[C@H](N)C(=O)c1cccc2c1C(c1ccc(N)cc1)c1ccccc1N2C. The van der Waals surface area contributed by atoms with Gasteiger partial charge in [-0.3, -0.25) is 4.79 Å². The first kappa shape index (κ1) is 17.3. The Kier molecular flexibility index (Phi) is 4.21. The van der Waals surface area contributed by atoms with Gasteiger partial charge in [0, 0.05) is 35.6 Å². The van der Waals surface area contributed by atoms with Gasteiger partial charge in [-0.15, -0.1) is 0 Å². The number of carbonyl (C=O) groups excluding carboxylic acids is 1. The Morgan fingerprint density at radius 1 is 0.963 bits per heavy atom. The van der Waals surface area contributed by atoms with Gasteiger partial charge in [0.2, 0.25) is 0 Å². The molecule has 0 saturated heterocycles. The fourth-order valence-corrected chi connectivity index (χ4v) is 3.97. The molecule has 3 aromatic carbocycles. The van der Waals surface area contributed by atoms with Crippen LogP contribution in [0.5, 0.6) is 0 Å². The molecule has 3 aromatic rings. The van der Waals surface area contributed by atoms with Crippen molar-refractivity contribution in [2.24, 2.45) is 5.73 Å². The standard InChI is InChI=1S/C23H23N3O/c1-14(24)23(27)18-7-5-9-20-22(18)21(15-10-12-16(25)13-11-15)17-6-3-4-8-19(17)26(20)2/h3-14,21H,24-25H2,1-2H3/t14-,21?/m0/s1. The number of fused-ring (bicyclic) bond motifs is 2. The Hall–Kier alpha value is -3.11. The van der Waals surface area contributed by atoms with E-state index in [2.05, 4.69) is 23.1 Å². The summed E-state index contributed by atoms with van der Waals surface area (Å²) in [7, 11) is 2.04. The van der Waals surface area contributed by atoms with Gasteiger partial charge in [-0.05, 0) is 47.9 Å². The number of nitrogens with zero attached hydrogens (tertiary/aromatic N) is 1. The Bertz CT molecular complexity index is 1010. The number of hydrogen-bond donors (Lipinski definition) is 2. The predicted octanol–water partition coefficient (Wildman–Crippen LogP) is 4.06. The lowest BCUT2D eigenvalue weighted by molar-refractivity contribution is 0.0967. The van der Waals surface area contributed by atoms with Crippen molar-refractivity contribution in [1.29, 1.82) is 0 Å². The molecule has 0 bridgehead atoms. The molecule has 1 heterocycles. The Morgan fingerprint density at radius 2 is 1.63 bits per heavy atom. The molecule has 0 fully saturated rings. The maximum absolute atomic E-state index is 12.9. The summed E-state index contributed by atoms with van der Waals surface area (Å²) in [5.41, 5.74) is 18.7. The minimum atomic E-state index is -0.550. The molecule has 4 heteroatoms. The Labute approximate surface area is 159 Å². The largest absolute Gasteiger partial charge is 0.399 e. The van der Waals surface area contributed by atoms with E-state index >= 15 is 0 Å². The third-order valence-corrected chi connectivity index (χ3v) is 5.29. The highest BCUT2D eigenvalue weighted by molar-refractivity contribution is 6.03. The average molecular weight is 357 g/mol. The van der Waals surface area contributed by atoms with Crippen molar-refractivity contribution < 1.29 is 4.79 Å². The average Bonchev–Trinajstić information content (AvgIpc) is 2.68. The normalized spacial score (nSPS) is 16.4. The molecule has 0 spiro atoms. The van der Waals surface area contributed by atoms with Gasteiger partial charge in [-0.1, -0.05) is 42.5 Å². The Balaban J connectivity index is 2.03. The number of nitrogen functional groups attached to an aromatic ring is 1. The molecule has 136 valence electrons. The lowest BCUT2D eigenvalue weighted by atomic mass is 9.77. The van der Waals surface area contributed by atoms with Crippen molar-refractivity contribution >= 4 is 22.8 Å². The lowest BCUT2D eigenvalue weighted by Crippen LogP contribution is -2.30. The van der Waals surface area contributed by atoms with Crippen LogP contribution in [0, 0.1) is 0 Å². The van der Waals surface area contributed by atoms with Crippen LogP contribution in [0.25, 0.3) is 0 Å². The van der Waals surface area contributed by atoms with E-state index in [9.17, 15) is 4.79 Å². The molecule has 0 aliphatic carbocycles. The molecule has 0 saturated carbocycles. The number of rotatable bonds is 3. The van der Waals surface area contributed by atoms with E-state index in [1.54, 1.807) is 6.92 Å². The number of para-hydroxylation sites is 1. The van der Waals surface area contributed by atoms with Crippen molar-refractivity contribution in [3.05, 3.63) is 89.0 Å². The third-order valence-electron chi connectivity index (χ3n) is 5.29. The van der Waals surface area contributed by atoms with Gasteiger partial charge in [-0.2, -0.15) is 0 Å². The summed E-state index contributed by atoms with van der Waals surface area (Å²) in [5, 5.41) is 0. The lowest BCUT2D eigenvalue weighted by Gasteiger charge is -2.37. The second-order valence-electron chi connectivity index (χ2n) is 7.11. The highest BCUT2D eigenvalue weighted by atomic mass is 16.1. The fraction of sp³-hybridized carbons (Fsp3) is 0.174. The molecule has 0 radical (unpaired) electrons. The van der Waals surface area contributed by atoms with Crippen molar-refractivity contribution in [2.75, 3.05) is 17.7 Å². The zero-order valence-corrected chi connectivity index (χ0v) is 15.5. The van der Waals surface area contributed by atoms with Crippen LogP contribution < -0.4 is 16.4 Å². The summed E-state index contributed by atoms with van der Waals surface area (Å²) >= 11 is 0. The molecule has 0 aromatic heterocycles. The van der Waals surface area contributed by atoms with Gasteiger partial charge in [0.15, 0.2) is 5.78 Å². The first-order valence-electron chi connectivity index (χ1n) is 9.10. The van der Waals surface area contributed by atoms with Crippen LogP contribution in [-0.4, -0.2) is 18.9 Å². The topological polar surface area (TPSA) is 72.3 Å². The molecule has 4 nitrogen and oxygen atoms in total. The zero-order chi connectivity index (χ0) is 19.1. The van der Waals surface area contributed by atoms with E-state index < -0.39 is 6.04 Å². The van der Waals surface area contributed by atoms with E-state index in [1.165, 1.54) is 5.56 Å². The zero-order valence-electron chi connectivity index (χ0n) is 15.5. The first-order chi connectivity index (χ1) is 13.0. The molecule has 1 unspecified atom stereocenters. The maximum atomic E-state index is 12.9. The number of ketones is 1. The molecular formula is C23H23N3O. The van der Waals surface area contributed by atoms with Crippen molar-refractivity contribution in [2.45, 2.75) is 18.9 Å². The molecule has 1 aliphatic rings. The first-order valence-corrected chi connectivity index (χ1v) is 9.10. The monoisotopic (exact) mass is 357 g/mol. The van der Waals surface area contributed by atoms with E-state index in [0.717, 1.165) is 28.2 Å². The van der Waals surface area contributed by atoms with Crippen LogP contribution in [0.3, 0.4) is 0 Å². The highest BCUT2D eigenvalue weighted by Gasteiger charge is 2.33.